The van der Waals surface area contributed by atoms with Gasteiger partial charge in [-0.2, -0.15) is 0 Å². The number of nitrogens with zero attached hydrogens (tertiary/aromatic N) is 3. The number of amides is 1. The summed E-state index contributed by atoms with van der Waals surface area (Å²) in [5.41, 5.74) is 1.48. The molecule has 0 saturated carbocycles. The van der Waals surface area contributed by atoms with E-state index in [1.165, 1.54) is 11.3 Å². The summed E-state index contributed by atoms with van der Waals surface area (Å²) < 4.78 is 11.6. The van der Waals surface area contributed by atoms with E-state index in [0.29, 0.717) is 22.2 Å². The Labute approximate surface area is 146 Å². The van der Waals surface area contributed by atoms with Gasteiger partial charge in [-0.15, -0.1) is 16.4 Å². The highest BCUT2D eigenvalue weighted by atomic mass is 32.1. The van der Waals surface area contributed by atoms with E-state index in [1.54, 1.807) is 13.2 Å². The van der Waals surface area contributed by atoms with Crippen molar-refractivity contribution in [1.29, 1.82) is 0 Å². The number of methoxy groups -OCH3 is 1. The maximum Gasteiger partial charge on any atom is 0.322 e. The van der Waals surface area contributed by atoms with Crippen LogP contribution in [0.25, 0.3) is 21.7 Å². The van der Waals surface area contributed by atoms with Crippen LogP contribution in [0.15, 0.2) is 52.9 Å². The van der Waals surface area contributed by atoms with Gasteiger partial charge in [-0.1, -0.05) is 23.3 Å². The Balaban J connectivity index is 1.55. The van der Waals surface area contributed by atoms with E-state index < -0.39 is 0 Å². The molecule has 4 aromatic rings. The third-order valence-electron chi connectivity index (χ3n) is 3.45. The third kappa shape index (κ3) is 3.07. The van der Waals surface area contributed by atoms with Crippen LogP contribution in [0.5, 0.6) is 5.75 Å². The maximum absolute atomic E-state index is 12.3. The number of carbonyl (C=O) groups excluding carboxylic acids is 1. The summed E-state index contributed by atoms with van der Waals surface area (Å²) in [5.74, 6) is 0.580. The van der Waals surface area contributed by atoms with Crippen LogP contribution in [-0.2, 0) is 0 Å². The summed E-state index contributed by atoms with van der Waals surface area (Å²) in [7, 11) is 1.58. The first-order valence-electron chi connectivity index (χ1n) is 7.38. The normalized spacial score (nSPS) is 10.8. The molecule has 2 aromatic heterocycles. The first kappa shape index (κ1) is 15.3. The Kier molecular flexibility index (Phi) is 3.87. The Morgan fingerprint density at radius 3 is 2.88 bits per heavy atom. The number of hydrogen-bond acceptors (Lipinski definition) is 7. The number of hydrogen-bond donors (Lipinski definition) is 1. The van der Waals surface area contributed by atoms with Crippen molar-refractivity contribution in [2.75, 3.05) is 12.4 Å². The van der Waals surface area contributed by atoms with Crippen LogP contribution < -0.4 is 10.1 Å². The van der Waals surface area contributed by atoms with E-state index in [4.69, 9.17) is 9.15 Å². The first-order valence-corrected chi connectivity index (χ1v) is 8.19. The molecule has 0 aliphatic rings. The number of anilines is 1. The van der Waals surface area contributed by atoms with Crippen molar-refractivity contribution >= 4 is 33.5 Å². The molecule has 0 radical (unpaired) electrons. The average Bonchev–Trinajstić information content (AvgIpc) is 3.28. The predicted octanol–water partition coefficient (Wildman–Crippen LogP) is 3.61. The molecular formula is C17H12N4O3S. The second-order valence-corrected chi connectivity index (χ2v) is 6.12. The molecule has 2 aromatic carbocycles. The minimum atomic E-state index is -0.387. The number of carbonyl (C=O) groups is 1. The van der Waals surface area contributed by atoms with Gasteiger partial charge in [0.2, 0.25) is 5.89 Å². The van der Waals surface area contributed by atoms with Crippen LogP contribution >= 0.6 is 11.3 Å². The van der Waals surface area contributed by atoms with E-state index in [0.717, 1.165) is 10.2 Å². The molecule has 0 aliphatic heterocycles. The first-order chi connectivity index (χ1) is 12.2. The topological polar surface area (TPSA) is 90.1 Å². The van der Waals surface area contributed by atoms with Crippen molar-refractivity contribution in [3.05, 3.63) is 53.5 Å². The van der Waals surface area contributed by atoms with Crippen molar-refractivity contribution in [3.8, 4) is 17.2 Å². The summed E-state index contributed by atoms with van der Waals surface area (Å²) in [6.07, 6.45) is 0. The van der Waals surface area contributed by atoms with Gasteiger partial charge in [0.05, 0.1) is 17.3 Å². The van der Waals surface area contributed by atoms with Crippen LogP contribution in [0.1, 0.15) is 9.80 Å². The molecule has 1 amide bonds. The van der Waals surface area contributed by atoms with Crippen molar-refractivity contribution in [3.63, 3.8) is 0 Å². The largest absolute Gasteiger partial charge is 0.497 e. The zero-order valence-corrected chi connectivity index (χ0v) is 13.9. The number of rotatable bonds is 4. The highest BCUT2D eigenvalue weighted by molar-refractivity contribution is 7.20. The molecule has 8 heteroatoms. The van der Waals surface area contributed by atoms with Crippen LogP contribution in [0.3, 0.4) is 0 Å². The van der Waals surface area contributed by atoms with E-state index in [1.807, 2.05) is 42.5 Å². The molecular weight excluding hydrogens is 340 g/mol. The van der Waals surface area contributed by atoms with Gasteiger partial charge in [0.15, 0.2) is 5.01 Å². The van der Waals surface area contributed by atoms with Gasteiger partial charge < -0.3 is 9.15 Å². The van der Waals surface area contributed by atoms with Crippen molar-refractivity contribution < 1.29 is 13.9 Å². The second-order valence-electron chi connectivity index (χ2n) is 5.09. The Hall–Kier alpha value is -3.26. The van der Waals surface area contributed by atoms with Gasteiger partial charge in [0.1, 0.15) is 5.75 Å². The van der Waals surface area contributed by atoms with Crippen LogP contribution in [-0.4, -0.2) is 28.2 Å². The lowest BCUT2D eigenvalue weighted by molar-refractivity contribution is 0.102. The Bertz CT molecular complexity index is 1020. The van der Waals surface area contributed by atoms with Crippen molar-refractivity contribution in [1.82, 2.24) is 15.2 Å². The van der Waals surface area contributed by atoms with Gasteiger partial charge in [-0.3, -0.25) is 10.1 Å². The number of thiazole rings is 1. The zero-order valence-electron chi connectivity index (χ0n) is 13.1. The zero-order chi connectivity index (χ0) is 17.2. The van der Waals surface area contributed by atoms with E-state index in [2.05, 4.69) is 20.5 Å². The number of aromatic nitrogens is 3. The standard InChI is InChI=1S/C17H12N4O3S/c1-23-11-6-4-5-10(9-11)15-20-21-17(24-15)19-14(22)16-18-12-7-2-3-8-13(12)25-16/h2-9H,1H3,(H,19,21,22). The maximum atomic E-state index is 12.3. The average molecular weight is 352 g/mol. The number of benzene rings is 2. The molecule has 0 aliphatic carbocycles. The molecule has 0 spiro atoms. The molecule has 25 heavy (non-hydrogen) atoms. The highest BCUT2D eigenvalue weighted by Gasteiger charge is 2.16. The quantitative estimate of drug-likeness (QED) is 0.603. The lowest BCUT2D eigenvalue weighted by Gasteiger charge is -2.00. The van der Waals surface area contributed by atoms with Crippen LogP contribution in [0.4, 0.5) is 6.01 Å². The molecule has 0 fully saturated rings. The van der Waals surface area contributed by atoms with E-state index >= 15 is 0 Å². The number of fused-ring (bicyclic) bond motifs is 1. The van der Waals surface area contributed by atoms with Gasteiger partial charge in [-0.05, 0) is 30.3 Å². The minimum Gasteiger partial charge on any atom is -0.497 e. The lowest BCUT2D eigenvalue weighted by Crippen LogP contribution is -2.11. The van der Waals surface area contributed by atoms with Crippen molar-refractivity contribution in [2.45, 2.75) is 0 Å². The molecule has 0 atom stereocenters. The third-order valence-corrected chi connectivity index (χ3v) is 4.49. The molecule has 7 nitrogen and oxygen atoms in total. The second kappa shape index (κ2) is 6.33. The number of nitrogens with one attached hydrogen (secondary N) is 1. The fourth-order valence-corrected chi connectivity index (χ4v) is 3.13. The fourth-order valence-electron chi connectivity index (χ4n) is 2.27. The molecule has 0 bridgehead atoms. The van der Waals surface area contributed by atoms with Gasteiger partial charge >= 0.3 is 6.01 Å². The minimum absolute atomic E-state index is 0.0158. The number of para-hydroxylation sites is 1. The molecule has 4 rings (SSSR count). The predicted molar refractivity (Wildman–Crippen MR) is 93.9 cm³/mol. The molecule has 124 valence electrons. The summed E-state index contributed by atoms with van der Waals surface area (Å²) in [4.78, 5) is 16.6. The molecule has 0 saturated heterocycles. The number of ether oxygens (including phenoxy) is 1. The summed E-state index contributed by atoms with van der Waals surface area (Å²) >= 11 is 1.30. The van der Waals surface area contributed by atoms with Gasteiger partial charge in [0, 0.05) is 5.56 Å². The Morgan fingerprint density at radius 1 is 1.16 bits per heavy atom. The summed E-state index contributed by atoms with van der Waals surface area (Å²) in [6.45, 7) is 0. The summed E-state index contributed by atoms with van der Waals surface area (Å²) in [6, 6.07) is 14.8. The van der Waals surface area contributed by atoms with E-state index in [9.17, 15) is 4.79 Å². The highest BCUT2D eigenvalue weighted by Crippen LogP contribution is 2.25. The fraction of sp³-hybridized carbons (Fsp3) is 0.0588. The monoisotopic (exact) mass is 352 g/mol. The van der Waals surface area contributed by atoms with Gasteiger partial charge in [0.25, 0.3) is 5.91 Å². The van der Waals surface area contributed by atoms with Crippen molar-refractivity contribution in [2.24, 2.45) is 0 Å². The van der Waals surface area contributed by atoms with Crippen LogP contribution in [0.2, 0.25) is 0 Å². The smallest absolute Gasteiger partial charge is 0.322 e. The lowest BCUT2D eigenvalue weighted by atomic mass is 10.2. The SMILES string of the molecule is COc1cccc(-c2nnc(NC(=O)c3nc4ccccc4s3)o2)c1. The van der Waals surface area contributed by atoms with E-state index in [-0.39, 0.29) is 11.9 Å². The molecule has 2 heterocycles. The Morgan fingerprint density at radius 2 is 2.04 bits per heavy atom. The molecule has 1 N–H and O–H groups in total. The molecule has 0 unspecified atom stereocenters. The summed E-state index contributed by atoms with van der Waals surface area (Å²) in [5, 5.41) is 10.7. The van der Waals surface area contributed by atoms with Gasteiger partial charge in [-0.25, -0.2) is 4.98 Å². The van der Waals surface area contributed by atoms with Crippen LogP contribution in [0, 0.1) is 0 Å².